The molecule has 10 heteroatoms. The summed E-state index contributed by atoms with van der Waals surface area (Å²) in [6, 6.07) is 17.7. The molecule has 184 valence electrons. The zero-order valence-electron chi connectivity index (χ0n) is 19.6. The molecule has 0 atom stereocenters. The van der Waals surface area contributed by atoms with Crippen molar-refractivity contribution in [2.75, 3.05) is 13.7 Å². The predicted octanol–water partition coefficient (Wildman–Crippen LogP) is 4.92. The van der Waals surface area contributed by atoms with Gasteiger partial charge in [0.1, 0.15) is 11.4 Å². The maximum absolute atomic E-state index is 13.5. The van der Waals surface area contributed by atoms with Gasteiger partial charge in [-0.15, -0.1) is 0 Å². The average molecular weight is 490 g/mol. The molecule has 0 aliphatic carbocycles. The Bertz CT molecular complexity index is 1390. The fourth-order valence-corrected chi connectivity index (χ4v) is 3.68. The highest BCUT2D eigenvalue weighted by molar-refractivity contribution is 5.99. The van der Waals surface area contributed by atoms with Crippen LogP contribution in [0.4, 0.5) is 10.1 Å². The van der Waals surface area contributed by atoms with Crippen molar-refractivity contribution in [3.63, 3.8) is 0 Å². The van der Waals surface area contributed by atoms with Crippen molar-refractivity contribution in [2.45, 2.75) is 13.5 Å². The van der Waals surface area contributed by atoms with Gasteiger partial charge in [0.15, 0.2) is 11.5 Å². The van der Waals surface area contributed by atoms with Gasteiger partial charge >= 0.3 is 0 Å². The Hall–Kier alpha value is -4.73. The lowest BCUT2D eigenvalue weighted by Gasteiger charge is -2.12. The molecular weight excluding hydrogens is 467 g/mol. The van der Waals surface area contributed by atoms with Gasteiger partial charge in [0.25, 0.3) is 11.6 Å². The third-order valence-corrected chi connectivity index (χ3v) is 5.39. The minimum atomic E-state index is -0.666. The first-order chi connectivity index (χ1) is 17.4. The third kappa shape index (κ3) is 5.17. The highest BCUT2D eigenvalue weighted by atomic mass is 19.1. The van der Waals surface area contributed by atoms with Gasteiger partial charge in [-0.05, 0) is 43.3 Å². The minimum absolute atomic E-state index is 0.0189. The molecule has 0 saturated heterocycles. The normalized spacial score (nSPS) is 10.6. The molecule has 1 aromatic heterocycles. The number of nitrogens with one attached hydrogen (secondary N) is 1. The van der Waals surface area contributed by atoms with Gasteiger partial charge in [-0.25, -0.2) is 9.07 Å². The van der Waals surface area contributed by atoms with E-state index in [1.807, 2.05) is 30.3 Å². The lowest BCUT2D eigenvalue weighted by molar-refractivity contribution is -0.385. The van der Waals surface area contributed by atoms with Crippen LogP contribution in [-0.4, -0.2) is 34.3 Å². The van der Waals surface area contributed by atoms with Crippen molar-refractivity contribution >= 4 is 11.6 Å². The van der Waals surface area contributed by atoms with E-state index in [4.69, 9.17) is 9.47 Å². The van der Waals surface area contributed by atoms with Crippen molar-refractivity contribution in [1.82, 2.24) is 15.1 Å². The summed E-state index contributed by atoms with van der Waals surface area (Å²) >= 11 is 0. The lowest BCUT2D eigenvalue weighted by Crippen LogP contribution is -2.24. The van der Waals surface area contributed by atoms with E-state index in [0.717, 1.165) is 5.69 Å². The van der Waals surface area contributed by atoms with Gasteiger partial charge in [-0.3, -0.25) is 14.9 Å². The van der Waals surface area contributed by atoms with E-state index in [2.05, 4.69) is 10.4 Å². The zero-order valence-corrected chi connectivity index (χ0v) is 19.6. The number of rotatable bonds is 9. The number of hydrogen-bond donors (Lipinski definition) is 1. The molecule has 0 radical (unpaired) electrons. The van der Waals surface area contributed by atoms with E-state index in [1.54, 1.807) is 29.9 Å². The smallest absolute Gasteiger partial charge is 0.286 e. The molecule has 4 aromatic rings. The summed E-state index contributed by atoms with van der Waals surface area (Å²) in [6.07, 6.45) is 1.75. The van der Waals surface area contributed by atoms with Gasteiger partial charge in [-0.1, -0.05) is 18.2 Å². The summed E-state index contributed by atoms with van der Waals surface area (Å²) in [5.41, 5.74) is 2.06. The molecule has 0 fully saturated rings. The number of hydrogen-bond acceptors (Lipinski definition) is 6. The van der Waals surface area contributed by atoms with Crippen molar-refractivity contribution in [3.8, 4) is 28.4 Å². The van der Waals surface area contributed by atoms with Crippen LogP contribution in [0.2, 0.25) is 0 Å². The van der Waals surface area contributed by atoms with Crippen LogP contribution >= 0.6 is 0 Å². The minimum Gasteiger partial charge on any atom is -0.493 e. The van der Waals surface area contributed by atoms with Gasteiger partial charge in [0.2, 0.25) is 0 Å². The molecule has 1 heterocycles. The standard InChI is InChI=1S/C26H23FN4O5/c1-3-36-24-14-22(31(33)34)21(13-23(24)35-2)26(32)28-15-18-16-30(20-7-5-4-6-8-20)29-25(18)17-9-11-19(27)12-10-17/h4-14,16H,3,15H2,1-2H3,(H,28,32). The molecule has 0 spiro atoms. The number of carbonyl (C=O) groups excluding carboxylic acids is 1. The quantitative estimate of drug-likeness (QED) is 0.263. The Morgan fingerprint density at radius 3 is 2.47 bits per heavy atom. The Balaban J connectivity index is 1.67. The number of ether oxygens (including phenoxy) is 2. The van der Waals surface area contributed by atoms with Crippen molar-refractivity contribution in [1.29, 1.82) is 0 Å². The summed E-state index contributed by atoms with van der Waals surface area (Å²) in [4.78, 5) is 24.1. The highest BCUT2D eigenvalue weighted by Gasteiger charge is 2.25. The molecule has 1 amide bonds. The van der Waals surface area contributed by atoms with E-state index in [0.29, 0.717) is 16.8 Å². The monoisotopic (exact) mass is 490 g/mol. The Morgan fingerprint density at radius 1 is 1.11 bits per heavy atom. The number of methoxy groups -OCH3 is 1. The van der Waals surface area contributed by atoms with Crippen LogP contribution in [0.25, 0.3) is 16.9 Å². The van der Waals surface area contributed by atoms with E-state index in [9.17, 15) is 19.3 Å². The first-order valence-electron chi connectivity index (χ1n) is 11.1. The van der Waals surface area contributed by atoms with Crippen molar-refractivity contribution in [3.05, 3.63) is 100.0 Å². The fraction of sp³-hybridized carbons (Fsp3) is 0.154. The second-order valence-electron chi connectivity index (χ2n) is 7.68. The number of nitro benzene ring substituents is 1. The van der Waals surface area contributed by atoms with E-state index >= 15 is 0 Å². The summed E-state index contributed by atoms with van der Waals surface area (Å²) < 4.78 is 25.8. The molecule has 3 aromatic carbocycles. The molecular formula is C26H23FN4O5. The third-order valence-electron chi connectivity index (χ3n) is 5.39. The van der Waals surface area contributed by atoms with Crippen LogP contribution < -0.4 is 14.8 Å². The number of aromatic nitrogens is 2. The van der Waals surface area contributed by atoms with Crippen molar-refractivity contribution < 1.29 is 23.6 Å². The second-order valence-corrected chi connectivity index (χ2v) is 7.68. The van der Waals surface area contributed by atoms with Crippen LogP contribution in [-0.2, 0) is 6.54 Å². The van der Waals surface area contributed by atoms with Crippen LogP contribution in [0.3, 0.4) is 0 Å². The molecule has 0 unspecified atom stereocenters. The number of nitrogens with zero attached hydrogens (tertiary/aromatic N) is 3. The molecule has 36 heavy (non-hydrogen) atoms. The molecule has 0 saturated carbocycles. The first-order valence-corrected chi connectivity index (χ1v) is 11.1. The van der Waals surface area contributed by atoms with E-state index < -0.39 is 16.5 Å². The molecule has 1 N–H and O–H groups in total. The largest absolute Gasteiger partial charge is 0.493 e. The Labute approximate surface area is 206 Å². The highest BCUT2D eigenvalue weighted by Crippen LogP contribution is 2.35. The number of amides is 1. The van der Waals surface area contributed by atoms with Gasteiger partial charge in [-0.2, -0.15) is 5.10 Å². The lowest BCUT2D eigenvalue weighted by atomic mass is 10.1. The molecule has 0 aliphatic heterocycles. The average Bonchev–Trinajstić information content (AvgIpc) is 3.32. The number of carbonyl (C=O) groups is 1. The van der Waals surface area contributed by atoms with E-state index in [1.165, 1.54) is 31.4 Å². The second kappa shape index (κ2) is 10.7. The maximum atomic E-state index is 13.5. The topological polar surface area (TPSA) is 109 Å². The maximum Gasteiger partial charge on any atom is 0.286 e. The van der Waals surface area contributed by atoms with Gasteiger partial charge in [0.05, 0.1) is 36.1 Å². The molecule has 9 nitrogen and oxygen atoms in total. The van der Waals surface area contributed by atoms with Gasteiger partial charge in [0, 0.05) is 29.9 Å². The van der Waals surface area contributed by atoms with Gasteiger partial charge < -0.3 is 14.8 Å². The molecule has 0 aliphatic rings. The Morgan fingerprint density at radius 2 is 1.83 bits per heavy atom. The predicted molar refractivity (Wildman–Crippen MR) is 131 cm³/mol. The number of halogens is 1. The van der Waals surface area contributed by atoms with Crippen LogP contribution in [0.15, 0.2) is 72.9 Å². The van der Waals surface area contributed by atoms with Crippen LogP contribution in [0.1, 0.15) is 22.8 Å². The first kappa shape index (κ1) is 24.4. The summed E-state index contributed by atoms with van der Waals surface area (Å²) in [6.45, 7) is 2.03. The summed E-state index contributed by atoms with van der Waals surface area (Å²) in [5, 5.41) is 19.0. The zero-order chi connectivity index (χ0) is 25.7. The van der Waals surface area contributed by atoms with Crippen molar-refractivity contribution in [2.24, 2.45) is 0 Å². The summed E-state index contributed by atoms with van der Waals surface area (Å²) in [5.74, 6) is -0.670. The van der Waals surface area contributed by atoms with Crippen LogP contribution in [0.5, 0.6) is 11.5 Å². The number of benzene rings is 3. The fourth-order valence-electron chi connectivity index (χ4n) is 3.68. The summed E-state index contributed by atoms with van der Waals surface area (Å²) in [7, 11) is 1.39. The molecule has 4 rings (SSSR count). The Kier molecular flexibility index (Phi) is 7.24. The number of para-hydroxylation sites is 1. The van der Waals surface area contributed by atoms with E-state index in [-0.39, 0.29) is 36.0 Å². The molecule has 0 bridgehead atoms. The number of nitro groups is 1. The SMILES string of the molecule is CCOc1cc([N+](=O)[O-])c(C(=O)NCc2cn(-c3ccccc3)nc2-c2ccc(F)cc2)cc1OC. The van der Waals surface area contributed by atoms with Crippen LogP contribution in [0, 0.1) is 15.9 Å².